The van der Waals surface area contributed by atoms with Crippen molar-refractivity contribution in [1.82, 2.24) is 10.7 Å². The van der Waals surface area contributed by atoms with Gasteiger partial charge in [0.1, 0.15) is 5.75 Å². The van der Waals surface area contributed by atoms with Gasteiger partial charge in [0.25, 0.3) is 11.8 Å². The van der Waals surface area contributed by atoms with Crippen molar-refractivity contribution in [2.24, 2.45) is 5.10 Å². The molecule has 25 heavy (non-hydrogen) atoms. The van der Waals surface area contributed by atoms with E-state index in [2.05, 4.69) is 15.8 Å². The number of hydrogen-bond acceptors (Lipinski definition) is 4. The van der Waals surface area contributed by atoms with Gasteiger partial charge in [0.15, 0.2) is 0 Å². The maximum absolute atomic E-state index is 11.9. The van der Waals surface area contributed by atoms with E-state index in [1.807, 2.05) is 31.2 Å². The van der Waals surface area contributed by atoms with E-state index < -0.39 is 5.91 Å². The number of nitrogens with one attached hydrogen (secondary N) is 2. The number of halogens is 1. The topological polar surface area (TPSA) is 79.8 Å². The third kappa shape index (κ3) is 6.27. The van der Waals surface area contributed by atoms with Crippen LogP contribution >= 0.6 is 11.6 Å². The quantitative estimate of drug-likeness (QED) is 0.589. The average Bonchev–Trinajstić information content (AvgIpc) is 2.61. The SMILES string of the molecule is CCOc1ccc(/C=N/NC(=O)CNC(=O)c2cccc(Cl)c2)cc1. The van der Waals surface area contributed by atoms with E-state index in [9.17, 15) is 9.59 Å². The molecule has 7 heteroatoms. The van der Waals surface area contributed by atoms with Crippen LogP contribution < -0.4 is 15.5 Å². The summed E-state index contributed by atoms with van der Waals surface area (Å²) in [5, 5.41) is 6.80. The number of rotatable bonds is 7. The first-order chi connectivity index (χ1) is 12.1. The number of carbonyl (C=O) groups excluding carboxylic acids is 2. The Morgan fingerprint density at radius 2 is 1.96 bits per heavy atom. The van der Waals surface area contributed by atoms with Gasteiger partial charge in [-0.1, -0.05) is 17.7 Å². The fraction of sp³-hybridized carbons (Fsp3) is 0.167. The van der Waals surface area contributed by atoms with Crippen LogP contribution in [0.15, 0.2) is 53.6 Å². The minimum absolute atomic E-state index is 0.189. The Morgan fingerprint density at radius 1 is 1.20 bits per heavy atom. The van der Waals surface area contributed by atoms with E-state index in [-0.39, 0.29) is 12.5 Å². The Morgan fingerprint density at radius 3 is 2.64 bits per heavy atom. The van der Waals surface area contributed by atoms with Crippen LogP contribution in [0.5, 0.6) is 5.75 Å². The molecule has 6 nitrogen and oxygen atoms in total. The fourth-order valence-electron chi connectivity index (χ4n) is 1.93. The monoisotopic (exact) mass is 359 g/mol. The molecule has 0 aliphatic carbocycles. The molecule has 0 aliphatic heterocycles. The van der Waals surface area contributed by atoms with Gasteiger partial charge in [-0.15, -0.1) is 0 Å². The summed E-state index contributed by atoms with van der Waals surface area (Å²) in [5.74, 6) is -0.0434. The first-order valence-electron chi connectivity index (χ1n) is 7.67. The zero-order chi connectivity index (χ0) is 18.1. The van der Waals surface area contributed by atoms with Crippen LogP contribution in [-0.2, 0) is 4.79 Å². The zero-order valence-electron chi connectivity index (χ0n) is 13.7. The molecule has 2 N–H and O–H groups in total. The standard InChI is InChI=1S/C18H18ClN3O3/c1-2-25-16-8-6-13(7-9-16)11-21-22-17(23)12-20-18(24)14-4-3-5-15(19)10-14/h3-11H,2,12H2,1H3,(H,20,24)(H,22,23)/b21-11+. The lowest BCUT2D eigenvalue weighted by Gasteiger charge is -2.04. The molecule has 0 bridgehead atoms. The van der Waals surface area contributed by atoms with Crippen molar-refractivity contribution < 1.29 is 14.3 Å². The zero-order valence-corrected chi connectivity index (χ0v) is 14.4. The van der Waals surface area contributed by atoms with Crippen molar-refractivity contribution in [3.05, 3.63) is 64.7 Å². The van der Waals surface area contributed by atoms with Gasteiger partial charge in [0.05, 0.1) is 19.4 Å². The molecule has 0 saturated carbocycles. The summed E-state index contributed by atoms with van der Waals surface area (Å²) >= 11 is 5.82. The Labute approximate surface area is 150 Å². The molecular weight excluding hydrogens is 342 g/mol. The van der Waals surface area contributed by atoms with Crippen LogP contribution in [0.2, 0.25) is 5.02 Å². The predicted octanol–water partition coefficient (Wildman–Crippen LogP) is 2.62. The number of nitrogens with zero attached hydrogens (tertiary/aromatic N) is 1. The molecule has 0 atom stereocenters. The molecule has 0 radical (unpaired) electrons. The van der Waals surface area contributed by atoms with Gasteiger partial charge in [-0.05, 0) is 55.0 Å². The van der Waals surface area contributed by atoms with Crippen molar-refractivity contribution in [2.45, 2.75) is 6.92 Å². The van der Waals surface area contributed by atoms with Crippen molar-refractivity contribution in [3.63, 3.8) is 0 Å². The van der Waals surface area contributed by atoms with Gasteiger partial charge in [-0.25, -0.2) is 5.43 Å². The summed E-state index contributed by atoms with van der Waals surface area (Å²) in [5.41, 5.74) is 3.55. The third-order valence-electron chi connectivity index (χ3n) is 3.09. The molecule has 2 amide bonds. The fourth-order valence-corrected chi connectivity index (χ4v) is 2.12. The first kappa shape index (κ1) is 18.5. The van der Waals surface area contributed by atoms with Crippen LogP contribution in [0.3, 0.4) is 0 Å². The highest BCUT2D eigenvalue weighted by molar-refractivity contribution is 6.30. The van der Waals surface area contributed by atoms with E-state index in [4.69, 9.17) is 16.3 Å². The highest BCUT2D eigenvalue weighted by Gasteiger charge is 2.07. The molecular formula is C18H18ClN3O3. The van der Waals surface area contributed by atoms with Gasteiger partial charge in [0.2, 0.25) is 0 Å². The van der Waals surface area contributed by atoms with Crippen LogP contribution in [0.4, 0.5) is 0 Å². The summed E-state index contributed by atoms with van der Waals surface area (Å²) in [7, 11) is 0. The predicted molar refractivity (Wildman–Crippen MR) is 97.1 cm³/mol. The van der Waals surface area contributed by atoms with Gasteiger partial charge in [0, 0.05) is 10.6 Å². The first-order valence-corrected chi connectivity index (χ1v) is 8.05. The lowest BCUT2D eigenvalue weighted by atomic mass is 10.2. The second-order valence-corrected chi connectivity index (χ2v) is 5.42. The maximum Gasteiger partial charge on any atom is 0.259 e. The number of benzene rings is 2. The smallest absolute Gasteiger partial charge is 0.259 e. The molecule has 0 heterocycles. The minimum Gasteiger partial charge on any atom is -0.494 e. The highest BCUT2D eigenvalue weighted by atomic mass is 35.5. The van der Waals surface area contributed by atoms with Crippen LogP contribution in [0.1, 0.15) is 22.8 Å². The largest absolute Gasteiger partial charge is 0.494 e. The van der Waals surface area contributed by atoms with Crippen molar-refractivity contribution >= 4 is 29.6 Å². The Hall–Kier alpha value is -2.86. The van der Waals surface area contributed by atoms with Gasteiger partial charge >= 0.3 is 0 Å². The molecule has 2 aromatic rings. The summed E-state index contributed by atoms with van der Waals surface area (Å²) in [6.45, 7) is 2.33. The number of carbonyl (C=O) groups is 2. The average molecular weight is 360 g/mol. The summed E-state index contributed by atoms with van der Waals surface area (Å²) in [6.07, 6.45) is 1.51. The van der Waals surface area contributed by atoms with E-state index >= 15 is 0 Å². The molecule has 130 valence electrons. The van der Waals surface area contributed by atoms with Crippen LogP contribution in [0.25, 0.3) is 0 Å². The summed E-state index contributed by atoms with van der Waals surface area (Å²) < 4.78 is 5.34. The molecule has 0 spiro atoms. The lowest BCUT2D eigenvalue weighted by Crippen LogP contribution is -2.34. The van der Waals surface area contributed by atoms with Crippen molar-refractivity contribution in [3.8, 4) is 5.75 Å². The van der Waals surface area contributed by atoms with E-state index in [0.717, 1.165) is 11.3 Å². The summed E-state index contributed by atoms with van der Waals surface area (Å²) in [4.78, 5) is 23.6. The molecule has 0 aromatic heterocycles. The Balaban J connectivity index is 1.77. The normalized spacial score (nSPS) is 10.5. The van der Waals surface area contributed by atoms with Gasteiger partial charge < -0.3 is 10.1 Å². The second kappa shape index (κ2) is 9.44. The molecule has 0 saturated heterocycles. The van der Waals surface area contributed by atoms with Crippen LogP contribution in [-0.4, -0.2) is 31.2 Å². The number of ether oxygens (including phenoxy) is 1. The Bertz CT molecular complexity index is 760. The Kier molecular flexibility index (Phi) is 6.98. The molecule has 2 rings (SSSR count). The maximum atomic E-state index is 11.9. The molecule has 0 unspecified atom stereocenters. The highest BCUT2D eigenvalue weighted by Crippen LogP contribution is 2.11. The van der Waals surface area contributed by atoms with Gasteiger partial charge in [-0.3, -0.25) is 9.59 Å². The second-order valence-electron chi connectivity index (χ2n) is 4.99. The number of amides is 2. The molecule has 0 fully saturated rings. The van der Waals surface area contributed by atoms with Gasteiger partial charge in [-0.2, -0.15) is 5.10 Å². The van der Waals surface area contributed by atoms with E-state index in [1.54, 1.807) is 18.2 Å². The van der Waals surface area contributed by atoms with Crippen molar-refractivity contribution in [2.75, 3.05) is 13.2 Å². The van der Waals surface area contributed by atoms with E-state index in [0.29, 0.717) is 17.2 Å². The third-order valence-corrected chi connectivity index (χ3v) is 3.33. The summed E-state index contributed by atoms with van der Waals surface area (Å²) in [6, 6.07) is 13.8. The minimum atomic E-state index is -0.433. The van der Waals surface area contributed by atoms with E-state index in [1.165, 1.54) is 12.3 Å². The molecule has 0 aliphatic rings. The van der Waals surface area contributed by atoms with Crippen molar-refractivity contribution in [1.29, 1.82) is 0 Å². The number of hydrazone groups is 1. The number of hydrogen-bond donors (Lipinski definition) is 2. The molecule has 2 aromatic carbocycles. The lowest BCUT2D eigenvalue weighted by molar-refractivity contribution is -0.120. The van der Waals surface area contributed by atoms with Crippen LogP contribution in [0, 0.1) is 0 Å².